The summed E-state index contributed by atoms with van der Waals surface area (Å²) in [6.45, 7) is 1.33. The van der Waals surface area contributed by atoms with Gasteiger partial charge >= 0.3 is 0 Å². The minimum atomic E-state index is -0.597. The molecule has 1 heterocycles. The second-order valence-corrected chi connectivity index (χ2v) is 5.85. The van der Waals surface area contributed by atoms with E-state index in [4.69, 9.17) is 5.73 Å². The molecule has 0 saturated heterocycles. The molecule has 1 unspecified atom stereocenters. The molecule has 21 heavy (non-hydrogen) atoms. The van der Waals surface area contributed by atoms with Crippen LogP contribution >= 0.6 is 11.3 Å². The van der Waals surface area contributed by atoms with Crippen LogP contribution < -0.4 is 11.1 Å². The van der Waals surface area contributed by atoms with Gasteiger partial charge in [-0.15, -0.1) is 11.3 Å². The molecule has 0 aliphatic carbocycles. The van der Waals surface area contributed by atoms with Crippen molar-refractivity contribution < 1.29 is 9.90 Å². The maximum absolute atomic E-state index is 11.0. The van der Waals surface area contributed by atoms with Crippen LogP contribution in [0.2, 0.25) is 0 Å². The summed E-state index contributed by atoms with van der Waals surface area (Å²) in [5.41, 5.74) is 6.97. The number of amides is 1. The number of hydrogen-bond acceptors (Lipinski definition) is 4. The average molecular weight is 304 g/mol. The minimum Gasteiger partial charge on any atom is -0.386 e. The van der Waals surface area contributed by atoms with Gasteiger partial charge < -0.3 is 16.2 Å². The summed E-state index contributed by atoms with van der Waals surface area (Å²) < 4.78 is 0. The van der Waals surface area contributed by atoms with Crippen LogP contribution in [0.25, 0.3) is 0 Å². The molecule has 0 aliphatic heterocycles. The van der Waals surface area contributed by atoms with Crippen molar-refractivity contribution in [2.24, 2.45) is 5.73 Å². The molecule has 5 heteroatoms. The summed E-state index contributed by atoms with van der Waals surface area (Å²) >= 11 is 1.36. The lowest BCUT2D eigenvalue weighted by atomic mass is 10.1. The van der Waals surface area contributed by atoms with E-state index in [-0.39, 0.29) is 0 Å². The van der Waals surface area contributed by atoms with Crippen molar-refractivity contribution in [3.8, 4) is 0 Å². The highest BCUT2D eigenvalue weighted by molar-refractivity contribution is 7.10. The Bertz CT molecular complexity index is 569. The molecule has 4 N–H and O–H groups in total. The lowest BCUT2D eigenvalue weighted by molar-refractivity contribution is 0.100. The zero-order valence-corrected chi connectivity index (χ0v) is 12.6. The highest BCUT2D eigenvalue weighted by Crippen LogP contribution is 2.21. The van der Waals surface area contributed by atoms with E-state index in [1.165, 1.54) is 16.9 Å². The number of aryl methyl sites for hydroxylation is 1. The fraction of sp³-hybridized carbons (Fsp3) is 0.312. The number of rotatable bonds is 8. The van der Waals surface area contributed by atoms with E-state index >= 15 is 0 Å². The third kappa shape index (κ3) is 4.97. The van der Waals surface area contributed by atoms with Gasteiger partial charge in [-0.2, -0.15) is 0 Å². The predicted octanol–water partition coefficient (Wildman–Crippen LogP) is 2.10. The second kappa shape index (κ2) is 7.93. The van der Waals surface area contributed by atoms with Crippen LogP contribution in [0.5, 0.6) is 0 Å². The summed E-state index contributed by atoms with van der Waals surface area (Å²) in [6, 6.07) is 12.0. The zero-order chi connectivity index (χ0) is 15.1. The number of benzene rings is 1. The molecule has 0 fully saturated rings. The predicted molar refractivity (Wildman–Crippen MR) is 85.4 cm³/mol. The van der Waals surface area contributed by atoms with Gasteiger partial charge in [0.05, 0.1) is 5.56 Å². The molecule has 0 saturated carbocycles. The number of aliphatic hydroxyl groups is 1. The van der Waals surface area contributed by atoms with Gasteiger partial charge in [0.25, 0.3) is 0 Å². The summed E-state index contributed by atoms with van der Waals surface area (Å²) in [4.78, 5) is 11.8. The Labute approximate surface area is 128 Å². The summed E-state index contributed by atoms with van der Waals surface area (Å²) in [5, 5.41) is 14.9. The van der Waals surface area contributed by atoms with E-state index in [1.807, 2.05) is 18.2 Å². The molecule has 0 radical (unpaired) electrons. The van der Waals surface area contributed by atoms with Crippen LogP contribution in [0.3, 0.4) is 0 Å². The van der Waals surface area contributed by atoms with E-state index in [9.17, 15) is 9.90 Å². The van der Waals surface area contributed by atoms with Crippen LogP contribution in [0.1, 0.15) is 33.3 Å². The maximum Gasteiger partial charge on any atom is 0.249 e. The number of hydrogen-bond donors (Lipinski definition) is 3. The fourth-order valence-electron chi connectivity index (χ4n) is 2.06. The summed E-state index contributed by atoms with van der Waals surface area (Å²) in [6.07, 6.45) is 1.45. The van der Waals surface area contributed by atoms with E-state index in [2.05, 4.69) is 17.4 Å². The van der Waals surface area contributed by atoms with E-state index in [0.29, 0.717) is 12.1 Å². The van der Waals surface area contributed by atoms with Gasteiger partial charge in [0.1, 0.15) is 6.10 Å². The summed E-state index contributed by atoms with van der Waals surface area (Å²) in [5.74, 6) is -0.458. The first-order chi connectivity index (χ1) is 10.2. The van der Waals surface area contributed by atoms with Crippen LogP contribution in [0.4, 0.5) is 0 Å². The topological polar surface area (TPSA) is 75.4 Å². The Balaban J connectivity index is 1.67. The van der Waals surface area contributed by atoms with Crippen LogP contribution in [0.15, 0.2) is 41.8 Å². The summed E-state index contributed by atoms with van der Waals surface area (Å²) in [7, 11) is 0. The molecule has 1 aromatic heterocycles. The third-order valence-corrected chi connectivity index (χ3v) is 4.27. The lowest BCUT2D eigenvalue weighted by Crippen LogP contribution is -2.22. The Morgan fingerprint density at radius 1 is 1.33 bits per heavy atom. The van der Waals surface area contributed by atoms with Crippen molar-refractivity contribution >= 4 is 17.2 Å². The van der Waals surface area contributed by atoms with Gasteiger partial charge in [-0.1, -0.05) is 30.3 Å². The lowest BCUT2D eigenvalue weighted by Gasteiger charge is -2.10. The van der Waals surface area contributed by atoms with Gasteiger partial charge in [0, 0.05) is 16.8 Å². The molecule has 4 nitrogen and oxygen atoms in total. The highest BCUT2D eigenvalue weighted by Gasteiger charge is 2.12. The van der Waals surface area contributed by atoms with Crippen molar-refractivity contribution in [2.45, 2.75) is 18.9 Å². The van der Waals surface area contributed by atoms with Gasteiger partial charge in [0.15, 0.2) is 0 Å². The van der Waals surface area contributed by atoms with Crippen LogP contribution in [-0.2, 0) is 6.42 Å². The molecule has 2 rings (SSSR count). The molecule has 1 aromatic carbocycles. The van der Waals surface area contributed by atoms with Crippen molar-refractivity contribution in [3.63, 3.8) is 0 Å². The van der Waals surface area contributed by atoms with E-state index < -0.39 is 12.0 Å². The van der Waals surface area contributed by atoms with Gasteiger partial charge in [-0.3, -0.25) is 4.79 Å². The first kappa shape index (κ1) is 15.7. The standard InChI is InChI=1S/C16H20N2O2S/c17-16(20)13-9-15(21-11-13)14(19)10-18-8-4-7-12-5-2-1-3-6-12/h1-3,5-6,9,11,14,18-19H,4,7-8,10H2,(H2,17,20). The van der Waals surface area contributed by atoms with Gasteiger partial charge in [-0.05, 0) is 31.0 Å². The largest absolute Gasteiger partial charge is 0.386 e. The number of nitrogens with one attached hydrogen (secondary N) is 1. The normalized spacial score (nSPS) is 12.2. The van der Waals surface area contributed by atoms with Crippen LogP contribution in [0, 0.1) is 0 Å². The number of carbonyl (C=O) groups excluding carboxylic acids is 1. The van der Waals surface area contributed by atoms with Crippen molar-refractivity contribution in [1.29, 1.82) is 0 Å². The Hall–Kier alpha value is -1.69. The molecule has 0 spiro atoms. The minimum absolute atomic E-state index is 0.457. The number of carbonyl (C=O) groups is 1. The second-order valence-electron chi connectivity index (χ2n) is 4.91. The SMILES string of the molecule is NC(=O)c1csc(C(O)CNCCCc2ccccc2)c1. The maximum atomic E-state index is 11.0. The van der Waals surface area contributed by atoms with Crippen LogP contribution in [-0.4, -0.2) is 24.1 Å². The highest BCUT2D eigenvalue weighted by atomic mass is 32.1. The molecule has 112 valence electrons. The molecule has 0 aliphatic rings. The van der Waals surface area contributed by atoms with Gasteiger partial charge in [-0.25, -0.2) is 0 Å². The van der Waals surface area contributed by atoms with Crippen molar-refractivity contribution in [2.75, 3.05) is 13.1 Å². The number of thiophene rings is 1. The zero-order valence-electron chi connectivity index (χ0n) is 11.8. The number of aliphatic hydroxyl groups excluding tert-OH is 1. The van der Waals surface area contributed by atoms with Gasteiger partial charge in [0.2, 0.25) is 5.91 Å². The van der Waals surface area contributed by atoms with Crippen molar-refractivity contribution in [1.82, 2.24) is 5.32 Å². The first-order valence-electron chi connectivity index (χ1n) is 6.98. The number of primary amides is 1. The average Bonchev–Trinajstić information content (AvgIpc) is 2.98. The Kier molecular flexibility index (Phi) is 5.92. The van der Waals surface area contributed by atoms with E-state index in [0.717, 1.165) is 24.3 Å². The molecule has 1 atom stereocenters. The monoisotopic (exact) mass is 304 g/mol. The molecular weight excluding hydrogens is 284 g/mol. The number of nitrogens with two attached hydrogens (primary N) is 1. The molecular formula is C16H20N2O2S. The first-order valence-corrected chi connectivity index (χ1v) is 7.85. The third-order valence-electron chi connectivity index (χ3n) is 3.23. The quantitative estimate of drug-likeness (QED) is 0.654. The fourth-order valence-corrected chi connectivity index (χ4v) is 2.94. The molecule has 0 bridgehead atoms. The Morgan fingerprint density at radius 2 is 2.10 bits per heavy atom. The molecule has 1 amide bonds. The van der Waals surface area contributed by atoms with E-state index in [1.54, 1.807) is 11.4 Å². The molecule has 2 aromatic rings. The Morgan fingerprint density at radius 3 is 2.76 bits per heavy atom. The van der Waals surface area contributed by atoms with Crippen molar-refractivity contribution in [3.05, 3.63) is 57.8 Å². The smallest absolute Gasteiger partial charge is 0.249 e.